The van der Waals surface area contributed by atoms with E-state index in [0.29, 0.717) is 0 Å². The minimum atomic E-state index is 0. The largest absolute Gasteiger partial charge is 2.00 e. The van der Waals surface area contributed by atoms with Gasteiger partial charge in [-0.1, -0.05) is 32.9 Å². The minimum absolute atomic E-state index is 0. The molecule has 0 saturated heterocycles. The van der Waals surface area contributed by atoms with Crippen LogP contribution in [0.3, 0.4) is 0 Å². The zero-order chi connectivity index (χ0) is 13.8. The fraction of sp³-hybridized carbons (Fsp3) is 0.625. The van der Waals surface area contributed by atoms with E-state index >= 15 is 0 Å². The molecule has 0 saturated carbocycles. The van der Waals surface area contributed by atoms with E-state index in [1.54, 1.807) is 0 Å². The fourth-order valence-corrected chi connectivity index (χ4v) is 1.58. The number of hydrogen-bond acceptors (Lipinski definition) is 2. The molecule has 1 aliphatic rings. The van der Waals surface area contributed by atoms with Crippen molar-refractivity contribution < 1.29 is 25.8 Å². The predicted molar refractivity (Wildman–Crippen MR) is 75.9 cm³/mol. The smallest absolute Gasteiger partial charge is 0.518 e. The molecule has 0 N–H and O–H groups in total. The summed E-state index contributed by atoms with van der Waals surface area (Å²) < 4.78 is 5.47. The van der Waals surface area contributed by atoms with Crippen LogP contribution in [-0.2, 0) is 32.9 Å². The predicted octanol–water partition coefficient (Wildman–Crippen LogP) is 4.12. The molecule has 0 aliphatic carbocycles. The number of nitrogens with zero attached hydrogens (tertiary/aromatic N) is 1. The van der Waals surface area contributed by atoms with Crippen LogP contribution in [0, 0.1) is 12.1 Å². The Balaban J connectivity index is 0.000000576. The number of fused-ring (bicyclic) bond motifs is 1. The van der Waals surface area contributed by atoms with E-state index in [4.69, 9.17) is 4.74 Å². The van der Waals surface area contributed by atoms with Gasteiger partial charge in [0.15, 0.2) is 0 Å². The van der Waals surface area contributed by atoms with Crippen LogP contribution in [0.2, 0.25) is 0 Å². The molecule has 0 aromatic carbocycles. The fourth-order valence-electron chi connectivity index (χ4n) is 1.58. The summed E-state index contributed by atoms with van der Waals surface area (Å²) in [5.74, 6) is 2.27. The third-order valence-electron chi connectivity index (χ3n) is 2.49. The summed E-state index contributed by atoms with van der Waals surface area (Å²) in [5, 5.41) is 0. The summed E-state index contributed by atoms with van der Waals surface area (Å²) in [7, 11) is 0. The van der Waals surface area contributed by atoms with Crippen LogP contribution in [0.25, 0.3) is 0 Å². The van der Waals surface area contributed by atoms with Crippen molar-refractivity contribution in [1.29, 1.82) is 0 Å². The van der Waals surface area contributed by atoms with Gasteiger partial charge in [-0.3, -0.25) is 0 Å². The molecule has 106 valence electrons. The molecular weight excluding hydrogens is 406 g/mol. The van der Waals surface area contributed by atoms with Gasteiger partial charge >= 0.3 is 21.1 Å². The maximum Gasteiger partial charge on any atom is 2.00 e. The van der Waals surface area contributed by atoms with Crippen molar-refractivity contribution in [1.82, 2.24) is 4.98 Å². The molecule has 0 atom stereocenters. The zero-order valence-electron chi connectivity index (χ0n) is 13.0. The monoisotopic (exact) mass is 431 g/mol. The standard InChI is InChI=1S/C12H16NO.C4H9.W/c1-12(2,3)11-7-9-5-4-6-14-10(9)8-13-11;1-4(2)3;/h7H,4-6H2,1-3H3;1-3H3;/q2*-1;+2. The maximum atomic E-state index is 5.47. The Bertz CT molecular complexity index is 380. The summed E-state index contributed by atoms with van der Waals surface area (Å²) in [4.78, 5) is 4.31. The first kappa shape index (κ1) is 18.6. The van der Waals surface area contributed by atoms with Gasteiger partial charge in [0, 0.05) is 5.75 Å². The molecular formula is C16H25NOW. The average molecular weight is 431 g/mol. The number of rotatable bonds is 0. The van der Waals surface area contributed by atoms with Gasteiger partial charge in [0.05, 0.1) is 6.61 Å². The number of pyridine rings is 1. The van der Waals surface area contributed by atoms with Gasteiger partial charge < -0.3 is 15.6 Å². The van der Waals surface area contributed by atoms with Gasteiger partial charge in [0.1, 0.15) is 0 Å². The second kappa shape index (κ2) is 8.04. The van der Waals surface area contributed by atoms with Gasteiger partial charge in [-0.2, -0.15) is 20.8 Å². The normalized spacial score (nSPS) is 13.6. The van der Waals surface area contributed by atoms with E-state index in [1.807, 2.05) is 0 Å². The molecule has 0 amide bonds. The number of ether oxygens (including phenoxy) is 1. The van der Waals surface area contributed by atoms with Crippen LogP contribution >= 0.6 is 0 Å². The zero-order valence-corrected chi connectivity index (χ0v) is 15.9. The first-order chi connectivity index (χ1) is 8.30. The quantitative estimate of drug-likeness (QED) is 0.577. The summed E-state index contributed by atoms with van der Waals surface area (Å²) in [5.41, 5.74) is 2.46. The second-order valence-electron chi connectivity index (χ2n) is 6.31. The van der Waals surface area contributed by atoms with Crippen LogP contribution in [0.5, 0.6) is 5.75 Å². The Kier molecular flexibility index (Phi) is 7.89. The molecule has 2 nitrogen and oxygen atoms in total. The van der Waals surface area contributed by atoms with E-state index in [2.05, 4.69) is 58.8 Å². The third kappa shape index (κ3) is 6.56. The molecule has 0 unspecified atom stereocenters. The van der Waals surface area contributed by atoms with E-state index in [9.17, 15) is 0 Å². The molecule has 3 heteroatoms. The van der Waals surface area contributed by atoms with Crippen molar-refractivity contribution in [3.8, 4) is 5.75 Å². The Morgan fingerprint density at radius 2 is 1.84 bits per heavy atom. The van der Waals surface area contributed by atoms with Gasteiger partial charge in [-0.25, -0.2) is 0 Å². The molecule has 19 heavy (non-hydrogen) atoms. The first-order valence-electron chi connectivity index (χ1n) is 6.62. The van der Waals surface area contributed by atoms with Crippen LogP contribution < -0.4 is 4.74 Å². The van der Waals surface area contributed by atoms with Crippen molar-refractivity contribution in [2.24, 2.45) is 0 Å². The first-order valence-corrected chi connectivity index (χ1v) is 6.62. The van der Waals surface area contributed by atoms with E-state index in [0.717, 1.165) is 30.9 Å². The Morgan fingerprint density at radius 3 is 2.37 bits per heavy atom. The van der Waals surface area contributed by atoms with Gasteiger partial charge in [0.25, 0.3) is 0 Å². The molecule has 1 aliphatic heterocycles. The van der Waals surface area contributed by atoms with E-state index < -0.39 is 0 Å². The van der Waals surface area contributed by atoms with Gasteiger partial charge in [0.2, 0.25) is 0 Å². The summed E-state index contributed by atoms with van der Waals surface area (Å²) in [6.07, 6.45) is 5.19. The van der Waals surface area contributed by atoms with Crippen LogP contribution in [0.4, 0.5) is 0 Å². The molecule has 1 aromatic heterocycles. The molecule has 2 heterocycles. The number of aryl methyl sites for hydroxylation is 1. The Hall–Kier alpha value is -0.362. The van der Waals surface area contributed by atoms with Crippen LogP contribution in [0.1, 0.15) is 59.2 Å². The number of aromatic nitrogens is 1. The summed E-state index contributed by atoms with van der Waals surface area (Å²) in [6, 6.07) is 2.16. The topological polar surface area (TPSA) is 22.1 Å². The van der Waals surface area contributed by atoms with Crippen molar-refractivity contribution in [2.75, 3.05) is 6.61 Å². The molecule has 0 radical (unpaired) electrons. The Morgan fingerprint density at radius 1 is 1.26 bits per heavy atom. The van der Waals surface area contributed by atoms with Crippen molar-refractivity contribution in [2.45, 2.75) is 59.8 Å². The third-order valence-corrected chi connectivity index (χ3v) is 2.49. The molecule has 2 rings (SSSR count). The van der Waals surface area contributed by atoms with Gasteiger partial charge in [-0.05, 0) is 18.0 Å². The van der Waals surface area contributed by atoms with Crippen LogP contribution in [0.15, 0.2) is 6.07 Å². The molecule has 0 spiro atoms. The average Bonchev–Trinajstić information content (AvgIpc) is 2.26. The molecule has 0 fully saturated rings. The van der Waals surface area contributed by atoms with Crippen molar-refractivity contribution in [3.05, 3.63) is 29.4 Å². The van der Waals surface area contributed by atoms with Crippen molar-refractivity contribution in [3.63, 3.8) is 0 Å². The van der Waals surface area contributed by atoms with E-state index in [-0.39, 0.29) is 26.5 Å². The summed E-state index contributed by atoms with van der Waals surface area (Å²) >= 11 is 0. The van der Waals surface area contributed by atoms with Crippen LogP contribution in [-0.4, -0.2) is 11.6 Å². The SMILES string of the molecule is CC(C)(C)c1cc2c([c-]n1)OCCC2.C[C-](C)C.[W+2]. The minimum Gasteiger partial charge on any atom is -0.518 e. The molecule has 0 bridgehead atoms. The summed E-state index contributed by atoms with van der Waals surface area (Å²) in [6.45, 7) is 13.6. The van der Waals surface area contributed by atoms with Crippen molar-refractivity contribution >= 4 is 0 Å². The number of hydrogen-bond donors (Lipinski definition) is 0. The second-order valence-corrected chi connectivity index (χ2v) is 6.31. The van der Waals surface area contributed by atoms with E-state index in [1.165, 1.54) is 11.5 Å². The van der Waals surface area contributed by atoms with Gasteiger partial charge in [-0.15, -0.1) is 11.6 Å². The maximum absolute atomic E-state index is 5.47. The molecule has 1 aromatic rings. The Labute approximate surface area is 132 Å².